The van der Waals surface area contributed by atoms with Gasteiger partial charge in [0.1, 0.15) is 6.23 Å². The molecule has 0 spiro atoms. The zero-order valence-corrected chi connectivity index (χ0v) is 24.2. The molecule has 5 unspecified atom stereocenters. The maximum Gasteiger partial charge on any atom is 0.412 e. The highest BCUT2D eigenvalue weighted by molar-refractivity contribution is 7.13. The normalized spacial score (nSPS) is 22.5. The fourth-order valence-electron chi connectivity index (χ4n) is 5.54. The minimum atomic E-state index is -4.77. The van der Waals surface area contributed by atoms with Crippen molar-refractivity contribution in [2.75, 3.05) is 6.54 Å². The molecule has 3 aromatic rings. The number of nitrogens with one attached hydrogen (secondary N) is 1. The molecule has 3 heterocycles. The van der Waals surface area contributed by atoms with Crippen molar-refractivity contribution in [2.24, 2.45) is 5.41 Å². The van der Waals surface area contributed by atoms with Crippen LogP contribution in [0.1, 0.15) is 75.0 Å². The number of thiazole rings is 1. The lowest BCUT2D eigenvalue weighted by Gasteiger charge is -2.40. The van der Waals surface area contributed by atoms with Crippen LogP contribution in [0.4, 0.5) is 13.2 Å². The fourth-order valence-corrected chi connectivity index (χ4v) is 6.35. The summed E-state index contributed by atoms with van der Waals surface area (Å²) in [5.74, 6) is -0.580. The minimum Gasteiger partial charge on any atom is -0.392 e. The van der Waals surface area contributed by atoms with Crippen LogP contribution >= 0.6 is 11.3 Å². The number of aliphatic hydroxyl groups excluding tert-OH is 2. The summed E-state index contributed by atoms with van der Waals surface area (Å²) < 4.78 is 44.3. The monoisotopic (exact) mass is 592 g/mol. The lowest BCUT2D eigenvalue weighted by atomic mass is 9.85. The first kappa shape index (κ1) is 29.6. The van der Waals surface area contributed by atoms with Crippen molar-refractivity contribution in [1.29, 1.82) is 0 Å². The largest absolute Gasteiger partial charge is 0.412 e. The highest BCUT2D eigenvalue weighted by Crippen LogP contribution is 2.41. The number of aliphatic hydroxyl groups is 2. The maximum absolute atomic E-state index is 14.2. The molecule has 2 fully saturated rings. The lowest BCUT2D eigenvalue weighted by molar-refractivity contribution is -0.166. The SMILES string of the molecule is Cc1ncsc1-c1ccc(C(NC(=O)C2CC(O)CN2C(O)C(n2cc(C3CC3)nn2)C(C)(C)C)C(F)(F)F)cc1. The van der Waals surface area contributed by atoms with Gasteiger partial charge in [-0.25, -0.2) is 9.67 Å². The number of aryl methyl sites for hydroxylation is 1. The molecular weight excluding hydrogens is 557 g/mol. The van der Waals surface area contributed by atoms with E-state index < -0.39 is 48.0 Å². The summed E-state index contributed by atoms with van der Waals surface area (Å²) in [4.78, 5) is 19.8. The third kappa shape index (κ3) is 6.32. The molecule has 1 saturated carbocycles. The second-order valence-electron chi connectivity index (χ2n) is 12.1. The summed E-state index contributed by atoms with van der Waals surface area (Å²) in [6.07, 6.45) is -3.36. The molecule has 1 aliphatic carbocycles. The van der Waals surface area contributed by atoms with Crippen molar-refractivity contribution in [3.05, 3.63) is 52.9 Å². The van der Waals surface area contributed by atoms with Crippen LogP contribution in [-0.4, -0.2) is 72.1 Å². The highest BCUT2D eigenvalue weighted by atomic mass is 32.1. The van der Waals surface area contributed by atoms with E-state index in [2.05, 4.69) is 20.6 Å². The standard InChI is InChI=1S/C28H35F3N6O3S/c1-15-22(41-14-32-15)17-7-9-18(10-8-17)23(28(29,30)31)33-25(39)21-11-19(38)12-36(21)26(40)24(27(2,3)4)37-13-20(34-35-37)16-5-6-16/h7-10,13-14,16,19,21,23-24,26,38,40H,5-6,11-12H2,1-4H3,(H,33,39). The number of halogens is 3. The van der Waals surface area contributed by atoms with Gasteiger partial charge in [0.15, 0.2) is 6.04 Å². The molecular formula is C28H35F3N6O3S. The predicted octanol–water partition coefficient (Wildman–Crippen LogP) is 4.35. The highest BCUT2D eigenvalue weighted by Gasteiger charge is 2.48. The smallest absolute Gasteiger partial charge is 0.392 e. The first-order chi connectivity index (χ1) is 19.2. The van der Waals surface area contributed by atoms with Gasteiger partial charge in [0.25, 0.3) is 0 Å². The molecule has 1 saturated heterocycles. The average Bonchev–Trinajstić information content (AvgIpc) is 3.26. The van der Waals surface area contributed by atoms with E-state index >= 15 is 0 Å². The van der Waals surface area contributed by atoms with Gasteiger partial charge in [0, 0.05) is 18.7 Å². The third-order valence-electron chi connectivity index (χ3n) is 7.80. The Hall–Kier alpha value is -2.87. The number of benzene rings is 1. The fraction of sp³-hybridized carbons (Fsp3) is 0.571. The lowest BCUT2D eigenvalue weighted by Crippen LogP contribution is -2.54. The van der Waals surface area contributed by atoms with Crippen molar-refractivity contribution in [2.45, 2.75) is 89.5 Å². The van der Waals surface area contributed by atoms with E-state index in [1.165, 1.54) is 28.4 Å². The molecule has 2 aliphatic rings. The first-order valence-electron chi connectivity index (χ1n) is 13.6. The topological polar surface area (TPSA) is 116 Å². The van der Waals surface area contributed by atoms with Crippen LogP contribution in [0.5, 0.6) is 0 Å². The van der Waals surface area contributed by atoms with Gasteiger partial charge in [-0.05, 0) is 42.7 Å². The van der Waals surface area contributed by atoms with E-state index in [9.17, 15) is 28.2 Å². The van der Waals surface area contributed by atoms with Crippen molar-refractivity contribution >= 4 is 17.2 Å². The molecule has 1 aliphatic heterocycles. The molecule has 1 aromatic carbocycles. The molecule has 9 nitrogen and oxygen atoms in total. The number of nitrogens with zero attached hydrogens (tertiary/aromatic N) is 5. The van der Waals surface area contributed by atoms with Crippen LogP contribution in [0.2, 0.25) is 0 Å². The zero-order valence-electron chi connectivity index (χ0n) is 23.3. The van der Waals surface area contributed by atoms with Gasteiger partial charge in [0.05, 0.1) is 40.0 Å². The Kier molecular flexibility index (Phi) is 8.01. The van der Waals surface area contributed by atoms with E-state index in [1.807, 2.05) is 27.7 Å². The number of hydrogen-bond donors (Lipinski definition) is 3. The number of carbonyl (C=O) groups excluding carboxylic acids is 1. The van der Waals surface area contributed by atoms with Gasteiger partial charge in [-0.3, -0.25) is 9.69 Å². The van der Waals surface area contributed by atoms with Crippen LogP contribution < -0.4 is 5.32 Å². The number of hydrogen-bond acceptors (Lipinski definition) is 8. The summed E-state index contributed by atoms with van der Waals surface area (Å²) in [6, 6.07) is 1.74. The van der Waals surface area contributed by atoms with E-state index in [4.69, 9.17) is 0 Å². The Morgan fingerprint density at radius 2 is 1.85 bits per heavy atom. The van der Waals surface area contributed by atoms with Crippen molar-refractivity contribution in [3.8, 4) is 10.4 Å². The molecule has 5 atom stereocenters. The molecule has 0 bridgehead atoms. The van der Waals surface area contributed by atoms with Crippen LogP contribution in [0.3, 0.4) is 0 Å². The first-order valence-corrected chi connectivity index (χ1v) is 14.5. The number of alkyl halides is 3. The van der Waals surface area contributed by atoms with E-state index in [1.54, 1.807) is 28.5 Å². The number of β-amino-alcohol motifs (C(OH)–C–C–N with tert-alkyl or cyclic N) is 1. The maximum atomic E-state index is 14.2. The molecule has 5 rings (SSSR count). The predicted molar refractivity (Wildman–Crippen MR) is 147 cm³/mol. The quantitative estimate of drug-likeness (QED) is 0.356. The van der Waals surface area contributed by atoms with Crippen LogP contribution in [0.15, 0.2) is 36.0 Å². The Bertz CT molecular complexity index is 1370. The van der Waals surface area contributed by atoms with Crippen molar-refractivity contribution in [3.63, 3.8) is 0 Å². The van der Waals surface area contributed by atoms with Crippen molar-refractivity contribution < 1.29 is 28.2 Å². The number of rotatable bonds is 8. The van der Waals surface area contributed by atoms with Crippen molar-refractivity contribution in [1.82, 2.24) is 30.2 Å². The number of amides is 1. The summed E-state index contributed by atoms with van der Waals surface area (Å²) in [5, 5.41) is 32.7. The number of aromatic nitrogens is 4. The molecule has 41 heavy (non-hydrogen) atoms. The second-order valence-corrected chi connectivity index (χ2v) is 13.0. The van der Waals surface area contributed by atoms with E-state index in [0.717, 1.165) is 34.7 Å². The van der Waals surface area contributed by atoms with Gasteiger partial charge >= 0.3 is 6.18 Å². The molecule has 1 amide bonds. The van der Waals surface area contributed by atoms with Gasteiger partial charge < -0.3 is 15.5 Å². The van der Waals surface area contributed by atoms with Crippen LogP contribution in [0.25, 0.3) is 10.4 Å². The Morgan fingerprint density at radius 1 is 1.17 bits per heavy atom. The van der Waals surface area contributed by atoms with Gasteiger partial charge in [-0.15, -0.1) is 16.4 Å². The van der Waals surface area contributed by atoms with Crippen LogP contribution in [-0.2, 0) is 4.79 Å². The average molecular weight is 593 g/mol. The zero-order chi connectivity index (χ0) is 29.7. The summed E-state index contributed by atoms with van der Waals surface area (Å²) >= 11 is 1.39. The number of carbonyl (C=O) groups is 1. The van der Waals surface area contributed by atoms with Gasteiger partial charge in [-0.2, -0.15) is 13.2 Å². The summed E-state index contributed by atoms with van der Waals surface area (Å²) in [6.45, 7) is 7.46. The second kappa shape index (κ2) is 11.1. The molecule has 0 radical (unpaired) electrons. The number of likely N-dealkylation sites (tertiary alicyclic amines) is 1. The van der Waals surface area contributed by atoms with E-state index in [0.29, 0.717) is 5.92 Å². The Balaban J connectivity index is 1.37. The molecule has 222 valence electrons. The van der Waals surface area contributed by atoms with Crippen LogP contribution in [0, 0.1) is 12.3 Å². The van der Waals surface area contributed by atoms with E-state index in [-0.39, 0.29) is 18.5 Å². The molecule has 3 N–H and O–H groups in total. The Morgan fingerprint density at radius 3 is 2.41 bits per heavy atom. The van der Waals surface area contributed by atoms with Gasteiger partial charge in [0.2, 0.25) is 5.91 Å². The summed E-state index contributed by atoms with van der Waals surface area (Å²) in [7, 11) is 0. The minimum absolute atomic E-state index is 0.0738. The van der Waals surface area contributed by atoms with Gasteiger partial charge in [-0.1, -0.05) is 50.3 Å². The molecule has 2 aromatic heterocycles. The molecule has 13 heteroatoms. The Labute approximate surface area is 240 Å². The summed E-state index contributed by atoms with van der Waals surface area (Å²) in [5.41, 5.74) is 3.34. The third-order valence-corrected chi connectivity index (χ3v) is 8.78.